The molecule has 1 saturated heterocycles. The van der Waals surface area contributed by atoms with Gasteiger partial charge in [0, 0.05) is 13.1 Å². The molecule has 4 heteroatoms. The predicted molar refractivity (Wildman–Crippen MR) is 80.5 cm³/mol. The molecule has 0 aromatic heterocycles. The monoisotopic (exact) mass is 327 g/mol. The van der Waals surface area contributed by atoms with Crippen LogP contribution in [-0.4, -0.2) is 42.4 Å². The molecule has 0 bridgehead atoms. The Balaban J connectivity index is 1.75. The number of halogens is 1. The summed E-state index contributed by atoms with van der Waals surface area (Å²) in [5.74, 6) is 1.53. The summed E-state index contributed by atoms with van der Waals surface area (Å²) in [5.41, 5.74) is 0. The molecule has 0 spiro atoms. The van der Waals surface area contributed by atoms with E-state index in [0.29, 0.717) is 13.2 Å². The van der Waals surface area contributed by atoms with Crippen molar-refractivity contribution < 1.29 is 9.84 Å². The van der Waals surface area contributed by atoms with E-state index in [1.165, 1.54) is 12.8 Å². The normalized spacial score (nSPS) is 22.2. The molecule has 0 aliphatic carbocycles. The number of aliphatic hydroxyl groups is 1. The highest BCUT2D eigenvalue weighted by Gasteiger charge is 2.19. The van der Waals surface area contributed by atoms with E-state index in [2.05, 4.69) is 27.8 Å². The first-order valence-electron chi connectivity index (χ1n) is 6.93. The summed E-state index contributed by atoms with van der Waals surface area (Å²) in [5, 5.41) is 10.1. The van der Waals surface area contributed by atoms with E-state index in [9.17, 15) is 5.11 Å². The summed E-state index contributed by atoms with van der Waals surface area (Å²) >= 11 is 3.44. The Bertz CT molecular complexity index is 399. The maximum Gasteiger partial charge on any atom is 0.133 e. The van der Waals surface area contributed by atoms with E-state index in [1.807, 2.05) is 24.3 Å². The third kappa shape index (κ3) is 4.79. The molecule has 2 atom stereocenters. The van der Waals surface area contributed by atoms with Crippen molar-refractivity contribution in [3.63, 3.8) is 0 Å². The molecule has 1 heterocycles. The number of piperidine rings is 1. The zero-order valence-electron chi connectivity index (χ0n) is 11.4. The van der Waals surface area contributed by atoms with E-state index in [0.717, 1.165) is 29.2 Å². The van der Waals surface area contributed by atoms with Crippen LogP contribution in [-0.2, 0) is 0 Å². The third-order valence-corrected chi connectivity index (χ3v) is 4.13. The number of nitrogens with zero attached hydrogens (tertiary/aromatic N) is 1. The lowest BCUT2D eigenvalue weighted by atomic mass is 10.0. The van der Waals surface area contributed by atoms with Crippen LogP contribution in [0.2, 0.25) is 0 Å². The molecule has 0 unspecified atom stereocenters. The Morgan fingerprint density at radius 1 is 1.47 bits per heavy atom. The minimum Gasteiger partial charge on any atom is -0.490 e. The maximum atomic E-state index is 10.1. The topological polar surface area (TPSA) is 32.7 Å². The van der Waals surface area contributed by atoms with Crippen LogP contribution in [0.4, 0.5) is 0 Å². The van der Waals surface area contributed by atoms with Crippen molar-refractivity contribution in [2.24, 2.45) is 5.92 Å². The van der Waals surface area contributed by atoms with Crippen LogP contribution < -0.4 is 4.74 Å². The van der Waals surface area contributed by atoms with Crippen LogP contribution in [0.1, 0.15) is 19.8 Å². The zero-order chi connectivity index (χ0) is 13.7. The summed E-state index contributed by atoms with van der Waals surface area (Å²) in [6, 6.07) is 7.72. The lowest BCUT2D eigenvalue weighted by molar-refractivity contribution is 0.0535. The smallest absolute Gasteiger partial charge is 0.133 e. The second-order valence-electron chi connectivity index (χ2n) is 5.40. The first-order valence-corrected chi connectivity index (χ1v) is 7.72. The number of rotatable bonds is 5. The van der Waals surface area contributed by atoms with Crippen LogP contribution in [0, 0.1) is 5.92 Å². The number of likely N-dealkylation sites (tertiary alicyclic amines) is 1. The number of hydrogen-bond acceptors (Lipinski definition) is 3. The molecule has 0 saturated carbocycles. The molecule has 19 heavy (non-hydrogen) atoms. The molecule has 3 nitrogen and oxygen atoms in total. The van der Waals surface area contributed by atoms with Gasteiger partial charge in [-0.25, -0.2) is 0 Å². The van der Waals surface area contributed by atoms with Gasteiger partial charge in [0.1, 0.15) is 18.5 Å². The van der Waals surface area contributed by atoms with E-state index >= 15 is 0 Å². The van der Waals surface area contributed by atoms with Crippen molar-refractivity contribution >= 4 is 15.9 Å². The molecular weight excluding hydrogens is 306 g/mol. The van der Waals surface area contributed by atoms with Gasteiger partial charge in [-0.2, -0.15) is 0 Å². The average Bonchev–Trinajstić information content (AvgIpc) is 2.38. The molecule has 0 radical (unpaired) electrons. The maximum absolute atomic E-state index is 10.1. The summed E-state index contributed by atoms with van der Waals surface area (Å²) in [4.78, 5) is 2.34. The van der Waals surface area contributed by atoms with Crippen LogP contribution in [0.5, 0.6) is 5.75 Å². The Labute approximate surface area is 123 Å². The minimum atomic E-state index is -0.433. The molecule has 2 rings (SSSR count). The van der Waals surface area contributed by atoms with E-state index in [-0.39, 0.29) is 0 Å². The highest BCUT2D eigenvalue weighted by atomic mass is 79.9. The molecule has 1 aromatic carbocycles. The second kappa shape index (κ2) is 7.27. The molecule has 1 aliphatic rings. The minimum absolute atomic E-state index is 0.341. The molecule has 106 valence electrons. The SMILES string of the molecule is C[C@@H]1CCCN(C[C@H](O)COc2ccccc2Br)C1. The molecule has 1 aromatic rings. The van der Waals surface area contributed by atoms with Crippen LogP contribution in [0.25, 0.3) is 0 Å². The van der Waals surface area contributed by atoms with Gasteiger partial charge in [-0.3, -0.25) is 0 Å². The number of para-hydroxylation sites is 1. The van der Waals surface area contributed by atoms with Crippen LogP contribution in [0.15, 0.2) is 28.7 Å². The Kier molecular flexibility index (Phi) is 5.67. The van der Waals surface area contributed by atoms with Gasteiger partial charge in [-0.1, -0.05) is 19.1 Å². The van der Waals surface area contributed by atoms with Gasteiger partial charge in [0.2, 0.25) is 0 Å². The standard InChI is InChI=1S/C15H22BrNO2/c1-12-5-4-8-17(9-12)10-13(18)11-19-15-7-3-2-6-14(15)16/h2-3,6-7,12-13,18H,4-5,8-11H2,1H3/t12-,13+/m1/s1. The van der Waals surface area contributed by atoms with E-state index in [4.69, 9.17) is 4.74 Å². The lowest BCUT2D eigenvalue weighted by Gasteiger charge is -2.32. The van der Waals surface area contributed by atoms with Gasteiger partial charge in [0.25, 0.3) is 0 Å². The Morgan fingerprint density at radius 3 is 3.00 bits per heavy atom. The fraction of sp³-hybridized carbons (Fsp3) is 0.600. The van der Waals surface area contributed by atoms with Gasteiger partial charge in [-0.15, -0.1) is 0 Å². The first kappa shape index (κ1) is 14.8. The van der Waals surface area contributed by atoms with Gasteiger partial charge in [-0.05, 0) is 53.4 Å². The molecule has 1 N–H and O–H groups in total. The first-order chi connectivity index (χ1) is 9.15. The quantitative estimate of drug-likeness (QED) is 0.902. The van der Waals surface area contributed by atoms with Crippen molar-refractivity contribution in [2.75, 3.05) is 26.2 Å². The van der Waals surface area contributed by atoms with Crippen molar-refractivity contribution in [3.8, 4) is 5.75 Å². The van der Waals surface area contributed by atoms with Crippen LogP contribution in [0.3, 0.4) is 0 Å². The number of aliphatic hydroxyl groups excluding tert-OH is 1. The highest BCUT2D eigenvalue weighted by molar-refractivity contribution is 9.10. The Morgan fingerprint density at radius 2 is 2.26 bits per heavy atom. The van der Waals surface area contributed by atoms with Gasteiger partial charge in [0.05, 0.1) is 4.47 Å². The fourth-order valence-electron chi connectivity index (χ4n) is 2.55. The third-order valence-electron chi connectivity index (χ3n) is 3.48. The highest BCUT2D eigenvalue weighted by Crippen LogP contribution is 2.24. The molecule has 1 aliphatic heterocycles. The van der Waals surface area contributed by atoms with Gasteiger partial charge in [0.15, 0.2) is 0 Å². The Hall–Kier alpha value is -0.580. The van der Waals surface area contributed by atoms with Crippen molar-refractivity contribution in [1.82, 2.24) is 4.90 Å². The second-order valence-corrected chi connectivity index (χ2v) is 6.26. The van der Waals surface area contributed by atoms with Crippen LogP contribution >= 0.6 is 15.9 Å². The number of ether oxygens (including phenoxy) is 1. The fourth-order valence-corrected chi connectivity index (χ4v) is 2.95. The summed E-state index contributed by atoms with van der Waals surface area (Å²) in [7, 11) is 0. The predicted octanol–water partition coefficient (Wildman–Crippen LogP) is 2.92. The molecular formula is C15H22BrNO2. The average molecular weight is 328 g/mol. The number of β-amino-alcohol motifs (C(OH)–C–C–N with tert-alkyl or cyclic N) is 1. The van der Waals surface area contributed by atoms with E-state index in [1.54, 1.807) is 0 Å². The largest absolute Gasteiger partial charge is 0.490 e. The summed E-state index contributed by atoms with van der Waals surface area (Å²) in [6.07, 6.45) is 2.11. The van der Waals surface area contributed by atoms with Crippen molar-refractivity contribution in [2.45, 2.75) is 25.9 Å². The number of hydrogen-bond donors (Lipinski definition) is 1. The van der Waals surface area contributed by atoms with E-state index < -0.39 is 6.10 Å². The molecule has 1 fully saturated rings. The lowest BCUT2D eigenvalue weighted by Crippen LogP contribution is -2.41. The van der Waals surface area contributed by atoms with Gasteiger partial charge >= 0.3 is 0 Å². The zero-order valence-corrected chi connectivity index (χ0v) is 13.0. The van der Waals surface area contributed by atoms with Gasteiger partial charge < -0.3 is 14.7 Å². The van der Waals surface area contributed by atoms with Crippen molar-refractivity contribution in [3.05, 3.63) is 28.7 Å². The molecule has 0 amide bonds. The summed E-state index contributed by atoms with van der Waals surface area (Å²) in [6.45, 7) is 5.50. The summed E-state index contributed by atoms with van der Waals surface area (Å²) < 4.78 is 6.57. The van der Waals surface area contributed by atoms with Crippen molar-refractivity contribution in [1.29, 1.82) is 0 Å². The number of benzene rings is 1.